The Morgan fingerprint density at radius 2 is 1.81 bits per heavy atom. The number of ether oxygens (including phenoxy) is 2. The zero-order valence-electron chi connectivity index (χ0n) is 15.7. The molecule has 0 aromatic heterocycles. The van der Waals surface area contributed by atoms with E-state index < -0.39 is 5.41 Å². The number of rotatable bonds is 7. The Hall–Kier alpha value is -2.04. The fraction of sp³-hybridized carbons (Fsp3) is 0.409. The van der Waals surface area contributed by atoms with E-state index in [0.29, 0.717) is 29.7 Å². The summed E-state index contributed by atoms with van der Waals surface area (Å²) >= 11 is 6.31. The van der Waals surface area contributed by atoms with Crippen molar-refractivity contribution in [2.75, 3.05) is 25.6 Å². The van der Waals surface area contributed by atoms with Gasteiger partial charge in [-0.1, -0.05) is 61.2 Å². The molecule has 2 aromatic carbocycles. The van der Waals surface area contributed by atoms with Gasteiger partial charge in [0.05, 0.1) is 17.0 Å². The smallest absolute Gasteiger partial charge is 0.235 e. The van der Waals surface area contributed by atoms with Crippen LogP contribution in [0.3, 0.4) is 0 Å². The lowest BCUT2D eigenvalue weighted by Crippen LogP contribution is -2.42. The number of hydrogen-bond acceptors (Lipinski definition) is 3. The molecule has 0 spiro atoms. The van der Waals surface area contributed by atoms with Crippen molar-refractivity contribution in [2.24, 2.45) is 0 Å². The zero-order valence-corrected chi connectivity index (χ0v) is 16.4. The number of benzene rings is 2. The van der Waals surface area contributed by atoms with Crippen LogP contribution in [0.1, 0.15) is 37.7 Å². The number of nitrogens with one attached hydrogen (secondary N) is 1. The summed E-state index contributed by atoms with van der Waals surface area (Å²) in [6.45, 7) is 0.924. The second-order valence-electron chi connectivity index (χ2n) is 6.95. The van der Waals surface area contributed by atoms with Crippen molar-refractivity contribution >= 4 is 23.2 Å². The van der Waals surface area contributed by atoms with Crippen LogP contribution in [0.2, 0.25) is 5.02 Å². The molecular weight excluding hydrogens is 362 g/mol. The second kappa shape index (κ2) is 9.25. The van der Waals surface area contributed by atoms with Crippen LogP contribution in [0.25, 0.3) is 0 Å². The standard InChI is InChI=1S/C22H26ClNO3/c1-26-14-15-27-20-11-10-18(16-19(20)23)24-21(25)22(12-6-3-7-13-22)17-8-4-2-5-9-17/h2,4-5,8-11,16H,3,6-7,12-15H2,1H3,(H,24,25). The van der Waals surface area contributed by atoms with E-state index in [-0.39, 0.29) is 5.91 Å². The maximum Gasteiger partial charge on any atom is 0.235 e. The minimum atomic E-state index is -0.473. The van der Waals surface area contributed by atoms with E-state index in [1.807, 2.05) is 24.3 Å². The summed E-state index contributed by atoms with van der Waals surface area (Å²) in [4.78, 5) is 13.3. The molecule has 0 heterocycles. The van der Waals surface area contributed by atoms with Crippen molar-refractivity contribution in [3.63, 3.8) is 0 Å². The highest BCUT2D eigenvalue weighted by Gasteiger charge is 2.41. The van der Waals surface area contributed by atoms with Crippen LogP contribution in [-0.2, 0) is 14.9 Å². The second-order valence-corrected chi connectivity index (χ2v) is 7.36. The molecule has 1 fully saturated rings. The molecule has 1 saturated carbocycles. The van der Waals surface area contributed by atoms with Crippen molar-refractivity contribution < 1.29 is 14.3 Å². The summed E-state index contributed by atoms with van der Waals surface area (Å²) in [5, 5.41) is 3.56. The van der Waals surface area contributed by atoms with Crippen molar-refractivity contribution in [2.45, 2.75) is 37.5 Å². The van der Waals surface area contributed by atoms with Crippen molar-refractivity contribution in [3.05, 3.63) is 59.1 Å². The molecule has 27 heavy (non-hydrogen) atoms. The van der Waals surface area contributed by atoms with Crippen LogP contribution in [0.5, 0.6) is 5.75 Å². The Morgan fingerprint density at radius 3 is 2.48 bits per heavy atom. The van der Waals surface area contributed by atoms with Gasteiger partial charge < -0.3 is 14.8 Å². The van der Waals surface area contributed by atoms with Gasteiger partial charge in [-0.15, -0.1) is 0 Å². The molecule has 0 saturated heterocycles. The molecule has 1 aliphatic rings. The minimum Gasteiger partial charge on any atom is -0.490 e. The van der Waals surface area contributed by atoms with Crippen molar-refractivity contribution in [1.82, 2.24) is 0 Å². The van der Waals surface area contributed by atoms with E-state index in [4.69, 9.17) is 21.1 Å². The van der Waals surface area contributed by atoms with Gasteiger partial charge in [0.25, 0.3) is 0 Å². The highest BCUT2D eigenvalue weighted by atomic mass is 35.5. The van der Waals surface area contributed by atoms with Gasteiger partial charge in [-0.25, -0.2) is 0 Å². The van der Waals surface area contributed by atoms with Gasteiger partial charge in [-0.05, 0) is 36.6 Å². The Labute approximate surface area is 165 Å². The minimum absolute atomic E-state index is 0.0394. The maximum atomic E-state index is 13.3. The molecule has 1 amide bonds. The summed E-state index contributed by atoms with van der Waals surface area (Å²) in [6, 6.07) is 15.5. The van der Waals surface area contributed by atoms with Crippen LogP contribution in [0, 0.1) is 0 Å². The number of carbonyl (C=O) groups is 1. The lowest BCUT2D eigenvalue weighted by Gasteiger charge is -2.36. The molecule has 0 atom stereocenters. The average molecular weight is 388 g/mol. The first kappa shape index (κ1) is 19.7. The van der Waals surface area contributed by atoms with Crippen LogP contribution in [0.4, 0.5) is 5.69 Å². The third-order valence-corrected chi connectivity index (χ3v) is 5.50. The number of methoxy groups -OCH3 is 1. The first-order chi connectivity index (χ1) is 13.2. The van der Waals surface area contributed by atoms with Gasteiger partial charge in [0, 0.05) is 12.8 Å². The van der Waals surface area contributed by atoms with Gasteiger partial charge >= 0.3 is 0 Å². The molecular formula is C22H26ClNO3. The number of carbonyl (C=O) groups excluding carboxylic acids is 1. The van der Waals surface area contributed by atoms with Gasteiger partial charge in [0.15, 0.2) is 0 Å². The third kappa shape index (κ3) is 4.63. The monoisotopic (exact) mass is 387 g/mol. The molecule has 0 aliphatic heterocycles. The predicted molar refractivity (Wildman–Crippen MR) is 109 cm³/mol. The summed E-state index contributed by atoms with van der Waals surface area (Å²) < 4.78 is 10.5. The van der Waals surface area contributed by atoms with E-state index in [0.717, 1.165) is 31.2 Å². The fourth-order valence-electron chi connectivity index (χ4n) is 3.74. The maximum absolute atomic E-state index is 13.3. The van der Waals surface area contributed by atoms with E-state index >= 15 is 0 Å². The van der Waals surface area contributed by atoms with Crippen molar-refractivity contribution in [1.29, 1.82) is 0 Å². The number of amides is 1. The number of hydrogen-bond donors (Lipinski definition) is 1. The fourth-order valence-corrected chi connectivity index (χ4v) is 3.98. The Bertz CT molecular complexity index is 757. The molecule has 0 bridgehead atoms. The molecule has 3 rings (SSSR count). The van der Waals surface area contributed by atoms with Crippen molar-refractivity contribution in [3.8, 4) is 5.75 Å². The number of halogens is 1. The van der Waals surface area contributed by atoms with Crippen LogP contribution in [-0.4, -0.2) is 26.2 Å². The molecule has 1 N–H and O–H groups in total. The first-order valence-electron chi connectivity index (χ1n) is 9.44. The zero-order chi connectivity index (χ0) is 19.1. The summed E-state index contributed by atoms with van der Waals surface area (Å²) in [5.74, 6) is 0.625. The van der Waals surface area contributed by atoms with Crippen LogP contribution in [0.15, 0.2) is 48.5 Å². The van der Waals surface area contributed by atoms with Gasteiger partial charge in [0.1, 0.15) is 12.4 Å². The Kier molecular flexibility index (Phi) is 6.75. The normalized spacial score (nSPS) is 15.9. The van der Waals surface area contributed by atoms with E-state index in [1.54, 1.807) is 19.2 Å². The molecule has 4 nitrogen and oxygen atoms in total. The third-order valence-electron chi connectivity index (χ3n) is 5.20. The SMILES string of the molecule is COCCOc1ccc(NC(=O)C2(c3ccccc3)CCCCC2)cc1Cl. The Balaban J connectivity index is 1.77. The van der Waals surface area contributed by atoms with E-state index in [2.05, 4.69) is 17.4 Å². The molecule has 2 aromatic rings. The summed E-state index contributed by atoms with van der Waals surface area (Å²) in [7, 11) is 1.62. The highest BCUT2D eigenvalue weighted by Crippen LogP contribution is 2.40. The molecule has 0 radical (unpaired) electrons. The predicted octanol–water partition coefficient (Wildman–Crippen LogP) is 5.21. The number of anilines is 1. The summed E-state index contributed by atoms with van der Waals surface area (Å²) in [5.41, 5.74) is 1.30. The summed E-state index contributed by atoms with van der Waals surface area (Å²) in [6.07, 6.45) is 5.05. The average Bonchev–Trinajstić information content (AvgIpc) is 2.71. The molecule has 1 aliphatic carbocycles. The van der Waals surface area contributed by atoms with E-state index in [9.17, 15) is 4.79 Å². The highest BCUT2D eigenvalue weighted by molar-refractivity contribution is 6.32. The molecule has 144 valence electrons. The molecule has 5 heteroatoms. The largest absolute Gasteiger partial charge is 0.490 e. The van der Waals surface area contributed by atoms with Gasteiger partial charge in [-0.2, -0.15) is 0 Å². The van der Waals surface area contributed by atoms with E-state index in [1.165, 1.54) is 6.42 Å². The van der Waals surface area contributed by atoms with Crippen LogP contribution >= 0.6 is 11.6 Å². The van der Waals surface area contributed by atoms with Gasteiger partial charge in [-0.3, -0.25) is 4.79 Å². The van der Waals surface area contributed by atoms with Gasteiger partial charge in [0.2, 0.25) is 5.91 Å². The van der Waals surface area contributed by atoms with Crippen LogP contribution < -0.4 is 10.1 Å². The lowest BCUT2D eigenvalue weighted by molar-refractivity contribution is -0.122. The lowest BCUT2D eigenvalue weighted by atomic mass is 9.68. The Morgan fingerprint density at radius 1 is 1.07 bits per heavy atom. The quantitative estimate of drug-likeness (QED) is 0.663. The topological polar surface area (TPSA) is 47.6 Å². The first-order valence-corrected chi connectivity index (χ1v) is 9.82. The molecule has 0 unspecified atom stereocenters.